The highest BCUT2D eigenvalue weighted by atomic mass is 16.2. The van der Waals surface area contributed by atoms with Crippen LogP contribution < -0.4 is 10.6 Å². The molecule has 0 bridgehead atoms. The van der Waals surface area contributed by atoms with Gasteiger partial charge in [-0.1, -0.05) is 6.07 Å². The number of hydrogen-bond donors (Lipinski definition) is 2. The fraction of sp³-hybridized carbons (Fsp3) is 0.417. The van der Waals surface area contributed by atoms with Gasteiger partial charge in [-0.15, -0.1) is 0 Å². The van der Waals surface area contributed by atoms with Gasteiger partial charge in [0.25, 0.3) is 0 Å². The van der Waals surface area contributed by atoms with Gasteiger partial charge in [0.2, 0.25) is 0 Å². The summed E-state index contributed by atoms with van der Waals surface area (Å²) in [5.74, 6) is -1.01. The zero-order valence-electron chi connectivity index (χ0n) is 10.5. The van der Waals surface area contributed by atoms with E-state index in [0.717, 1.165) is 5.56 Å². The Kier molecular flexibility index (Phi) is 3.83. The molecule has 0 saturated heterocycles. The van der Waals surface area contributed by atoms with Gasteiger partial charge in [0.05, 0.1) is 0 Å². The number of amides is 2. The average molecular weight is 235 g/mol. The van der Waals surface area contributed by atoms with E-state index in [9.17, 15) is 9.59 Å². The monoisotopic (exact) mass is 235 g/mol. The van der Waals surface area contributed by atoms with Crippen molar-refractivity contribution in [3.63, 3.8) is 0 Å². The van der Waals surface area contributed by atoms with Crippen molar-refractivity contribution in [3.05, 3.63) is 23.9 Å². The van der Waals surface area contributed by atoms with Crippen molar-refractivity contribution in [1.29, 1.82) is 0 Å². The molecule has 0 fully saturated rings. The molecule has 0 aliphatic rings. The van der Waals surface area contributed by atoms with Gasteiger partial charge in [-0.3, -0.25) is 9.59 Å². The molecule has 1 rings (SSSR count). The second kappa shape index (κ2) is 4.95. The van der Waals surface area contributed by atoms with Crippen molar-refractivity contribution in [1.82, 2.24) is 10.3 Å². The van der Waals surface area contributed by atoms with E-state index in [0.29, 0.717) is 5.82 Å². The predicted octanol–water partition coefficient (Wildman–Crippen LogP) is 1.24. The van der Waals surface area contributed by atoms with Crippen molar-refractivity contribution in [2.45, 2.75) is 33.2 Å². The maximum atomic E-state index is 11.5. The highest BCUT2D eigenvalue weighted by molar-refractivity contribution is 6.39. The summed E-state index contributed by atoms with van der Waals surface area (Å²) in [5, 5.41) is 5.00. The van der Waals surface area contributed by atoms with Crippen molar-refractivity contribution < 1.29 is 9.59 Å². The number of rotatable bonds is 1. The summed E-state index contributed by atoms with van der Waals surface area (Å²) in [6.07, 6.45) is 1.62. The standard InChI is InChI=1S/C12H17N3O2/c1-8-5-6-9(13-7-8)14-10(16)11(17)15-12(2,3)4/h5-7H,1-4H3,(H,15,17)(H,13,14,16). The lowest BCUT2D eigenvalue weighted by Crippen LogP contribution is -2.46. The molecule has 1 aromatic rings. The van der Waals surface area contributed by atoms with Gasteiger partial charge >= 0.3 is 11.8 Å². The summed E-state index contributed by atoms with van der Waals surface area (Å²) in [6, 6.07) is 3.46. The molecule has 0 radical (unpaired) electrons. The van der Waals surface area contributed by atoms with E-state index in [1.165, 1.54) is 0 Å². The van der Waals surface area contributed by atoms with Crippen LogP contribution in [0.3, 0.4) is 0 Å². The summed E-state index contributed by atoms with van der Waals surface area (Å²) >= 11 is 0. The second-order valence-electron chi connectivity index (χ2n) is 4.88. The highest BCUT2D eigenvalue weighted by Gasteiger charge is 2.20. The Morgan fingerprint density at radius 1 is 1.18 bits per heavy atom. The molecular weight excluding hydrogens is 218 g/mol. The first-order valence-electron chi connectivity index (χ1n) is 5.34. The van der Waals surface area contributed by atoms with Crippen LogP contribution >= 0.6 is 0 Å². The smallest absolute Gasteiger partial charge is 0.314 e. The van der Waals surface area contributed by atoms with E-state index >= 15 is 0 Å². The molecule has 1 heterocycles. The minimum Gasteiger partial charge on any atom is -0.343 e. The SMILES string of the molecule is Cc1ccc(NC(=O)C(=O)NC(C)(C)C)nc1. The Morgan fingerprint density at radius 2 is 1.82 bits per heavy atom. The maximum Gasteiger partial charge on any atom is 0.314 e. The van der Waals surface area contributed by atoms with E-state index < -0.39 is 17.4 Å². The molecule has 0 unspecified atom stereocenters. The lowest BCUT2D eigenvalue weighted by Gasteiger charge is -2.19. The Bertz CT molecular complexity index is 418. The van der Waals surface area contributed by atoms with Gasteiger partial charge in [0, 0.05) is 11.7 Å². The first-order chi connectivity index (χ1) is 7.78. The molecule has 0 saturated carbocycles. The molecule has 92 valence electrons. The van der Waals surface area contributed by atoms with Crippen LogP contribution in [-0.4, -0.2) is 22.3 Å². The zero-order valence-corrected chi connectivity index (χ0v) is 10.5. The van der Waals surface area contributed by atoms with Gasteiger partial charge in [0.15, 0.2) is 0 Å². The third-order valence-corrected chi connectivity index (χ3v) is 1.85. The molecule has 0 spiro atoms. The van der Waals surface area contributed by atoms with Crippen molar-refractivity contribution in [2.75, 3.05) is 5.32 Å². The summed E-state index contributed by atoms with van der Waals surface area (Å²) in [5.41, 5.74) is 0.553. The van der Waals surface area contributed by atoms with Gasteiger partial charge in [-0.05, 0) is 39.3 Å². The number of carbonyl (C=O) groups is 2. The molecule has 0 aromatic carbocycles. The van der Waals surface area contributed by atoms with E-state index in [2.05, 4.69) is 15.6 Å². The quantitative estimate of drug-likeness (QED) is 0.719. The van der Waals surface area contributed by atoms with Crippen LogP contribution in [0, 0.1) is 6.92 Å². The van der Waals surface area contributed by atoms with Crippen LogP contribution in [0.15, 0.2) is 18.3 Å². The highest BCUT2D eigenvalue weighted by Crippen LogP contribution is 2.04. The third kappa shape index (κ3) is 4.63. The first kappa shape index (κ1) is 13.2. The number of aromatic nitrogens is 1. The number of anilines is 1. The van der Waals surface area contributed by atoms with Crippen LogP contribution in [0.2, 0.25) is 0 Å². The first-order valence-corrected chi connectivity index (χ1v) is 5.34. The molecule has 2 N–H and O–H groups in total. The second-order valence-corrected chi connectivity index (χ2v) is 4.88. The molecule has 5 nitrogen and oxygen atoms in total. The largest absolute Gasteiger partial charge is 0.343 e. The minimum atomic E-state index is -0.712. The maximum absolute atomic E-state index is 11.5. The molecular formula is C12H17N3O2. The van der Waals surface area contributed by atoms with Gasteiger partial charge in [-0.2, -0.15) is 0 Å². The third-order valence-electron chi connectivity index (χ3n) is 1.85. The fourth-order valence-electron chi connectivity index (χ4n) is 1.11. The van der Waals surface area contributed by atoms with Crippen molar-refractivity contribution in [2.24, 2.45) is 0 Å². The van der Waals surface area contributed by atoms with E-state index in [4.69, 9.17) is 0 Å². The summed E-state index contributed by atoms with van der Waals surface area (Å²) in [7, 11) is 0. The number of pyridine rings is 1. The molecule has 17 heavy (non-hydrogen) atoms. The molecule has 0 aliphatic heterocycles. The summed E-state index contributed by atoms with van der Waals surface area (Å²) in [4.78, 5) is 27.0. The number of hydrogen-bond acceptors (Lipinski definition) is 3. The number of carbonyl (C=O) groups excluding carboxylic acids is 2. The Labute approximate surface area is 101 Å². The number of aryl methyl sites for hydroxylation is 1. The zero-order chi connectivity index (χ0) is 13.1. The van der Waals surface area contributed by atoms with Gasteiger partial charge in [-0.25, -0.2) is 4.98 Å². The molecule has 0 aliphatic carbocycles. The average Bonchev–Trinajstić information content (AvgIpc) is 2.19. The number of nitrogens with zero attached hydrogens (tertiary/aromatic N) is 1. The van der Waals surface area contributed by atoms with Crippen LogP contribution in [0.1, 0.15) is 26.3 Å². The van der Waals surface area contributed by atoms with Gasteiger partial charge in [0.1, 0.15) is 5.82 Å². The summed E-state index contributed by atoms with van der Waals surface area (Å²) < 4.78 is 0. The molecule has 1 aromatic heterocycles. The Balaban J connectivity index is 2.60. The van der Waals surface area contributed by atoms with Crippen LogP contribution in [-0.2, 0) is 9.59 Å². The van der Waals surface area contributed by atoms with Crippen molar-refractivity contribution in [3.8, 4) is 0 Å². The van der Waals surface area contributed by atoms with Gasteiger partial charge < -0.3 is 10.6 Å². The predicted molar refractivity (Wildman–Crippen MR) is 65.5 cm³/mol. The minimum absolute atomic E-state index is 0.365. The molecule has 5 heteroatoms. The van der Waals surface area contributed by atoms with Crippen LogP contribution in [0.5, 0.6) is 0 Å². The van der Waals surface area contributed by atoms with Crippen molar-refractivity contribution >= 4 is 17.6 Å². The summed E-state index contributed by atoms with van der Waals surface area (Å²) in [6.45, 7) is 7.32. The number of nitrogens with one attached hydrogen (secondary N) is 2. The van der Waals surface area contributed by atoms with E-state index in [1.54, 1.807) is 12.3 Å². The van der Waals surface area contributed by atoms with E-state index in [1.807, 2.05) is 33.8 Å². The topological polar surface area (TPSA) is 71.1 Å². The fourth-order valence-corrected chi connectivity index (χ4v) is 1.11. The lowest BCUT2D eigenvalue weighted by atomic mass is 10.1. The Hall–Kier alpha value is -1.91. The molecule has 0 atom stereocenters. The van der Waals surface area contributed by atoms with E-state index in [-0.39, 0.29) is 0 Å². The van der Waals surface area contributed by atoms with Crippen LogP contribution in [0.4, 0.5) is 5.82 Å². The lowest BCUT2D eigenvalue weighted by molar-refractivity contribution is -0.137. The normalized spacial score (nSPS) is 10.8. The Morgan fingerprint density at radius 3 is 2.29 bits per heavy atom. The van der Waals surface area contributed by atoms with Crippen LogP contribution in [0.25, 0.3) is 0 Å². The molecule has 2 amide bonds.